The number of nitrogens with two attached hydrogens (primary N) is 1. The highest BCUT2D eigenvalue weighted by Crippen LogP contribution is 2.29. The van der Waals surface area contributed by atoms with Gasteiger partial charge in [0.2, 0.25) is 6.41 Å². The fraction of sp³-hybridized carbons (Fsp3) is 0.500. The maximum Gasteiger partial charge on any atom is 0.324 e. The third-order valence-corrected chi connectivity index (χ3v) is 4.22. The van der Waals surface area contributed by atoms with Crippen molar-refractivity contribution >= 4 is 28.9 Å². The Bertz CT molecular complexity index is 551. The fourth-order valence-electron chi connectivity index (χ4n) is 2.08. The summed E-state index contributed by atoms with van der Waals surface area (Å²) in [6, 6.07) is -0.786. The van der Waals surface area contributed by atoms with Crippen LogP contribution in [0, 0.1) is 0 Å². The molecule has 8 heteroatoms. The van der Waals surface area contributed by atoms with E-state index < -0.39 is 6.03 Å². The van der Waals surface area contributed by atoms with E-state index in [2.05, 4.69) is 15.6 Å². The first-order valence-electron chi connectivity index (χ1n) is 7.21. The van der Waals surface area contributed by atoms with E-state index in [1.165, 1.54) is 23.3 Å². The summed E-state index contributed by atoms with van der Waals surface area (Å²) in [6.45, 7) is 0.857. The molecule has 1 saturated carbocycles. The van der Waals surface area contributed by atoms with Crippen molar-refractivity contribution in [1.82, 2.24) is 20.5 Å². The predicted octanol–water partition coefficient (Wildman–Crippen LogP) is 1.26. The van der Waals surface area contributed by atoms with Crippen LogP contribution in [-0.2, 0) is 4.79 Å². The monoisotopic (exact) mass is 323 g/mol. The van der Waals surface area contributed by atoms with Gasteiger partial charge >= 0.3 is 6.03 Å². The first-order valence-corrected chi connectivity index (χ1v) is 8.09. The van der Waals surface area contributed by atoms with Crippen LogP contribution in [-0.4, -0.2) is 42.5 Å². The molecule has 0 spiro atoms. The Hall–Kier alpha value is -1.93. The van der Waals surface area contributed by atoms with Crippen molar-refractivity contribution in [2.75, 3.05) is 25.9 Å². The number of urea groups is 1. The molecule has 1 aliphatic rings. The average molecular weight is 323 g/mol. The standard InChI is InChI=1S/C14H21N5O2S/c1-16-5-6-19(9-20)14(21)18-11(7-10-3-2-4-10)12-8-22-13(15)17-12/h7-9,11,16H,2-6H2,1H3,(H2,15,17)(H,18,21). The topological polar surface area (TPSA) is 100 Å². The molecular weight excluding hydrogens is 302 g/mol. The molecule has 1 heterocycles. The molecule has 120 valence electrons. The Morgan fingerprint density at radius 1 is 1.59 bits per heavy atom. The number of anilines is 1. The van der Waals surface area contributed by atoms with Gasteiger partial charge in [-0.05, 0) is 26.3 Å². The first-order chi connectivity index (χ1) is 10.6. The number of nitrogens with one attached hydrogen (secondary N) is 2. The quantitative estimate of drug-likeness (QED) is 0.518. The summed E-state index contributed by atoms with van der Waals surface area (Å²) >= 11 is 1.33. The number of carbonyl (C=O) groups excluding carboxylic acids is 2. The van der Waals surface area contributed by atoms with E-state index in [9.17, 15) is 9.59 Å². The van der Waals surface area contributed by atoms with Crippen LogP contribution >= 0.6 is 11.3 Å². The highest BCUT2D eigenvalue weighted by Gasteiger charge is 2.21. The van der Waals surface area contributed by atoms with Gasteiger partial charge in [-0.15, -0.1) is 11.3 Å². The third-order valence-electron chi connectivity index (χ3n) is 3.53. The number of rotatable bonds is 7. The molecule has 0 saturated heterocycles. The summed E-state index contributed by atoms with van der Waals surface area (Å²) in [7, 11) is 1.77. The molecule has 0 bridgehead atoms. The zero-order valence-electron chi connectivity index (χ0n) is 12.5. The number of thiazole rings is 1. The second-order valence-electron chi connectivity index (χ2n) is 5.12. The molecule has 1 aliphatic carbocycles. The van der Waals surface area contributed by atoms with E-state index in [1.54, 1.807) is 7.05 Å². The molecule has 1 aromatic rings. The van der Waals surface area contributed by atoms with E-state index in [1.807, 2.05) is 11.5 Å². The van der Waals surface area contributed by atoms with Crippen LogP contribution < -0.4 is 16.4 Å². The maximum absolute atomic E-state index is 12.2. The normalized spacial score (nSPS) is 14.9. The summed E-state index contributed by atoms with van der Waals surface area (Å²) in [5.74, 6) is 0. The van der Waals surface area contributed by atoms with E-state index >= 15 is 0 Å². The lowest BCUT2D eigenvalue weighted by molar-refractivity contribution is -0.115. The fourth-order valence-corrected chi connectivity index (χ4v) is 2.68. The Balaban J connectivity index is 2.08. The number of nitrogens with zero attached hydrogens (tertiary/aromatic N) is 2. The predicted molar refractivity (Wildman–Crippen MR) is 86.4 cm³/mol. The van der Waals surface area contributed by atoms with Crippen LogP contribution in [0.3, 0.4) is 0 Å². The molecule has 0 radical (unpaired) electrons. The Morgan fingerprint density at radius 3 is 2.86 bits per heavy atom. The summed E-state index contributed by atoms with van der Waals surface area (Å²) in [6.07, 6.45) is 5.81. The molecule has 0 aromatic carbocycles. The highest BCUT2D eigenvalue weighted by atomic mass is 32.1. The van der Waals surface area contributed by atoms with Crippen LogP contribution in [0.15, 0.2) is 17.0 Å². The molecule has 1 fully saturated rings. The molecule has 2 rings (SSSR count). The van der Waals surface area contributed by atoms with Crippen LogP contribution in [0.25, 0.3) is 0 Å². The molecule has 4 N–H and O–H groups in total. The number of aromatic nitrogens is 1. The van der Waals surface area contributed by atoms with Crippen molar-refractivity contribution < 1.29 is 9.59 Å². The van der Waals surface area contributed by atoms with Crippen LogP contribution in [0.2, 0.25) is 0 Å². The number of nitrogen functional groups attached to an aromatic ring is 1. The summed E-state index contributed by atoms with van der Waals surface area (Å²) in [4.78, 5) is 28.6. The minimum atomic E-state index is -0.432. The zero-order valence-corrected chi connectivity index (χ0v) is 13.4. The Kier molecular flexibility index (Phi) is 5.91. The Morgan fingerprint density at radius 2 is 2.36 bits per heavy atom. The van der Waals surface area contributed by atoms with E-state index in [0.29, 0.717) is 30.3 Å². The second-order valence-corrected chi connectivity index (χ2v) is 6.01. The van der Waals surface area contributed by atoms with Crippen molar-refractivity contribution in [3.05, 3.63) is 22.7 Å². The highest BCUT2D eigenvalue weighted by molar-refractivity contribution is 7.13. The van der Waals surface area contributed by atoms with Crippen molar-refractivity contribution in [2.45, 2.75) is 25.3 Å². The molecule has 7 nitrogen and oxygen atoms in total. The first kappa shape index (κ1) is 16.4. The zero-order chi connectivity index (χ0) is 15.9. The number of imide groups is 1. The SMILES string of the molecule is CNCCN(C=O)C(=O)NC(C=C1CCC1)c1csc(N)n1. The molecule has 1 unspecified atom stereocenters. The van der Waals surface area contributed by atoms with Crippen molar-refractivity contribution in [1.29, 1.82) is 0 Å². The van der Waals surface area contributed by atoms with Crippen LogP contribution in [0.1, 0.15) is 31.0 Å². The lowest BCUT2D eigenvalue weighted by Crippen LogP contribution is -2.43. The van der Waals surface area contributed by atoms with Gasteiger partial charge < -0.3 is 16.4 Å². The van der Waals surface area contributed by atoms with E-state index in [4.69, 9.17) is 5.73 Å². The number of carbonyl (C=O) groups is 2. The largest absolute Gasteiger partial charge is 0.375 e. The third kappa shape index (κ3) is 4.28. The van der Waals surface area contributed by atoms with E-state index in [-0.39, 0.29) is 6.04 Å². The summed E-state index contributed by atoms with van der Waals surface area (Å²) < 4.78 is 0. The maximum atomic E-state index is 12.2. The summed E-state index contributed by atoms with van der Waals surface area (Å²) in [5.41, 5.74) is 7.67. The Labute approximate surface area is 133 Å². The average Bonchev–Trinajstić information content (AvgIpc) is 2.88. The van der Waals surface area contributed by atoms with Gasteiger partial charge in [-0.25, -0.2) is 9.78 Å². The number of amides is 3. The van der Waals surface area contributed by atoms with Crippen molar-refractivity contribution in [3.8, 4) is 0 Å². The number of allylic oxidation sites excluding steroid dienone is 1. The smallest absolute Gasteiger partial charge is 0.324 e. The molecule has 1 atom stereocenters. The van der Waals surface area contributed by atoms with Gasteiger partial charge in [-0.2, -0.15) is 0 Å². The lowest BCUT2D eigenvalue weighted by Gasteiger charge is -2.23. The number of likely N-dealkylation sites (N-methyl/N-ethyl adjacent to an activating group) is 1. The molecule has 0 aliphatic heterocycles. The minimum Gasteiger partial charge on any atom is -0.375 e. The number of hydrogen-bond donors (Lipinski definition) is 3. The summed E-state index contributed by atoms with van der Waals surface area (Å²) in [5, 5.41) is 8.04. The number of hydrogen-bond acceptors (Lipinski definition) is 6. The van der Waals surface area contributed by atoms with Crippen molar-refractivity contribution in [2.24, 2.45) is 0 Å². The molecule has 22 heavy (non-hydrogen) atoms. The molecular formula is C14H21N5O2S. The molecule has 1 aromatic heterocycles. The van der Waals surface area contributed by atoms with Gasteiger partial charge in [0.15, 0.2) is 5.13 Å². The molecule has 3 amide bonds. The minimum absolute atomic E-state index is 0.314. The second kappa shape index (κ2) is 7.90. The van der Waals surface area contributed by atoms with Crippen LogP contribution in [0.4, 0.5) is 9.93 Å². The van der Waals surface area contributed by atoms with Gasteiger partial charge in [0.25, 0.3) is 0 Å². The van der Waals surface area contributed by atoms with Gasteiger partial charge in [-0.3, -0.25) is 9.69 Å². The van der Waals surface area contributed by atoms with Gasteiger partial charge in [-0.1, -0.05) is 11.6 Å². The van der Waals surface area contributed by atoms with Gasteiger partial charge in [0, 0.05) is 18.5 Å². The van der Waals surface area contributed by atoms with Gasteiger partial charge in [0.05, 0.1) is 11.7 Å². The lowest BCUT2D eigenvalue weighted by atomic mass is 9.90. The van der Waals surface area contributed by atoms with Crippen molar-refractivity contribution in [3.63, 3.8) is 0 Å². The van der Waals surface area contributed by atoms with Crippen LogP contribution in [0.5, 0.6) is 0 Å². The van der Waals surface area contributed by atoms with E-state index in [0.717, 1.165) is 17.7 Å². The van der Waals surface area contributed by atoms with Gasteiger partial charge in [0.1, 0.15) is 0 Å².